The monoisotopic (exact) mass is 471 g/mol. The molecule has 2 heterocycles. The zero-order valence-electron chi connectivity index (χ0n) is 20.4. The highest BCUT2D eigenvalue weighted by Gasteiger charge is 2.14. The van der Waals surface area contributed by atoms with E-state index in [4.69, 9.17) is 9.47 Å². The van der Waals surface area contributed by atoms with Crippen molar-refractivity contribution >= 4 is 16.8 Å². The summed E-state index contributed by atoms with van der Waals surface area (Å²) in [5.74, 6) is 1.27. The van der Waals surface area contributed by atoms with Gasteiger partial charge < -0.3 is 19.4 Å². The van der Waals surface area contributed by atoms with Crippen molar-refractivity contribution in [1.82, 2.24) is 14.9 Å². The molecule has 0 aliphatic carbocycles. The summed E-state index contributed by atoms with van der Waals surface area (Å²) in [4.78, 5) is 30.6. The summed E-state index contributed by atoms with van der Waals surface area (Å²) in [5, 5.41) is 3.33. The molecule has 0 saturated heterocycles. The number of carbonyl (C=O) groups excluding carboxylic acids is 1. The van der Waals surface area contributed by atoms with Gasteiger partial charge in [0.2, 0.25) is 0 Å². The van der Waals surface area contributed by atoms with E-state index in [-0.39, 0.29) is 17.6 Å². The molecule has 1 N–H and O–H groups in total. The highest BCUT2D eigenvalue weighted by molar-refractivity contribution is 5.98. The largest absolute Gasteiger partial charge is 0.497 e. The third-order valence-corrected chi connectivity index (χ3v) is 5.65. The normalized spacial score (nSPS) is 11.0. The quantitative estimate of drug-likeness (QED) is 0.410. The summed E-state index contributed by atoms with van der Waals surface area (Å²) in [6, 6.07) is 18.6. The fourth-order valence-electron chi connectivity index (χ4n) is 3.82. The number of amides is 1. The lowest BCUT2D eigenvalue weighted by Crippen LogP contribution is -2.25. The Morgan fingerprint density at radius 1 is 1.00 bits per heavy atom. The topological polar surface area (TPSA) is 82.5 Å². The molecule has 1 amide bonds. The zero-order valence-corrected chi connectivity index (χ0v) is 20.4. The van der Waals surface area contributed by atoms with E-state index >= 15 is 0 Å². The second kappa shape index (κ2) is 10.4. The Morgan fingerprint density at radius 2 is 1.66 bits per heavy atom. The first-order chi connectivity index (χ1) is 16.8. The molecule has 4 rings (SSSR count). The van der Waals surface area contributed by atoms with Crippen molar-refractivity contribution in [2.75, 3.05) is 7.11 Å². The van der Waals surface area contributed by atoms with Crippen LogP contribution in [0.4, 0.5) is 0 Å². The van der Waals surface area contributed by atoms with E-state index in [0.717, 1.165) is 22.6 Å². The first-order valence-electron chi connectivity index (χ1n) is 11.5. The fraction of sp³-hybridized carbons (Fsp3) is 0.250. The van der Waals surface area contributed by atoms with Gasteiger partial charge >= 0.3 is 0 Å². The minimum Gasteiger partial charge on any atom is -0.497 e. The lowest BCUT2D eigenvalue weighted by molar-refractivity contribution is 0.0950. The van der Waals surface area contributed by atoms with Crippen molar-refractivity contribution in [2.24, 2.45) is 0 Å². The second-order valence-electron chi connectivity index (χ2n) is 8.64. The van der Waals surface area contributed by atoms with Crippen molar-refractivity contribution in [3.63, 3.8) is 0 Å². The van der Waals surface area contributed by atoms with Gasteiger partial charge in [-0.15, -0.1) is 0 Å². The number of hydrogen-bond acceptors (Lipinski definition) is 5. The molecule has 2 aromatic heterocycles. The lowest BCUT2D eigenvalue weighted by atomic mass is 10.1. The molecule has 35 heavy (non-hydrogen) atoms. The smallest absolute Gasteiger partial charge is 0.260 e. The van der Waals surface area contributed by atoms with Gasteiger partial charge in [-0.1, -0.05) is 24.3 Å². The van der Waals surface area contributed by atoms with Crippen LogP contribution in [0.15, 0.2) is 71.7 Å². The Balaban J connectivity index is 1.53. The highest BCUT2D eigenvalue weighted by Crippen LogP contribution is 2.17. The summed E-state index contributed by atoms with van der Waals surface area (Å²) in [6.07, 6.45) is 1.83. The van der Waals surface area contributed by atoms with Crippen LogP contribution >= 0.6 is 0 Å². The molecule has 0 aliphatic rings. The van der Waals surface area contributed by atoms with Crippen molar-refractivity contribution in [1.29, 1.82) is 0 Å². The summed E-state index contributed by atoms with van der Waals surface area (Å²) in [5.41, 5.74) is 3.24. The summed E-state index contributed by atoms with van der Waals surface area (Å²) < 4.78 is 12.5. The first-order valence-corrected chi connectivity index (χ1v) is 11.5. The average Bonchev–Trinajstić information content (AvgIpc) is 2.85. The molecule has 0 unspecified atom stereocenters. The van der Waals surface area contributed by atoms with Crippen molar-refractivity contribution < 1.29 is 14.3 Å². The van der Waals surface area contributed by atoms with Crippen LogP contribution < -0.4 is 20.3 Å². The average molecular weight is 472 g/mol. The maximum Gasteiger partial charge on any atom is 0.260 e. The van der Waals surface area contributed by atoms with Crippen molar-refractivity contribution in [3.8, 4) is 11.5 Å². The van der Waals surface area contributed by atoms with Crippen LogP contribution in [0.5, 0.6) is 11.5 Å². The summed E-state index contributed by atoms with van der Waals surface area (Å²) in [7, 11) is 1.62. The fourth-order valence-corrected chi connectivity index (χ4v) is 3.82. The number of ether oxygens (including phenoxy) is 2. The Bertz CT molecular complexity index is 1390. The third-order valence-electron chi connectivity index (χ3n) is 5.65. The molecule has 0 saturated carbocycles. The van der Waals surface area contributed by atoms with E-state index in [1.807, 2.05) is 62.4 Å². The number of pyridine rings is 2. The maximum atomic E-state index is 13.2. The number of aromatic nitrogens is 2. The van der Waals surface area contributed by atoms with Gasteiger partial charge in [-0.25, -0.2) is 0 Å². The molecule has 0 bridgehead atoms. The molecule has 0 radical (unpaired) electrons. The van der Waals surface area contributed by atoms with E-state index in [2.05, 4.69) is 10.3 Å². The van der Waals surface area contributed by atoms with Crippen LogP contribution in [0.2, 0.25) is 0 Å². The minimum atomic E-state index is -0.274. The van der Waals surface area contributed by atoms with Gasteiger partial charge in [0.1, 0.15) is 11.5 Å². The van der Waals surface area contributed by atoms with E-state index in [1.165, 1.54) is 0 Å². The third kappa shape index (κ3) is 5.69. The lowest BCUT2D eigenvalue weighted by Gasteiger charge is -2.12. The number of nitrogens with one attached hydrogen (secondary N) is 1. The molecule has 0 atom stereocenters. The molecule has 180 valence electrons. The molecule has 0 fully saturated rings. The van der Waals surface area contributed by atoms with Crippen molar-refractivity contribution in [2.45, 2.75) is 40.0 Å². The highest BCUT2D eigenvalue weighted by atomic mass is 16.5. The number of hydrogen-bond donors (Lipinski definition) is 1. The predicted octanol–water partition coefficient (Wildman–Crippen LogP) is 4.48. The van der Waals surface area contributed by atoms with E-state index < -0.39 is 0 Å². The zero-order chi connectivity index (χ0) is 24.9. The van der Waals surface area contributed by atoms with Crippen molar-refractivity contribution in [3.05, 3.63) is 99.6 Å². The van der Waals surface area contributed by atoms with Crippen LogP contribution in [0, 0.1) is 6.92 Å². The summed E-state index contributed by atoms with van der Waals surface area (Å²) in [6.45, 7) is 6.48. The van der Waals surface area contributed by atoms with E-state index in [9.17, 15) is 9.59 Å². The molecule has 7 nitrogen and oxygen atoms in total. The van der Waals surface area contributed by atoms with Crippen LogP contribution in [0.1, 0.15) is 41.0 Å². The van der Waals surface area contributed by atoms with Crippen LogP contribution in [0.3, 0.4) is 0 Å². The molecule has 2 aromatic carbocycles. The number of aryl methyl sites for hydroxylation is 1. The first kappa shape index (κ1) is 24.0. The van der Waals surface area contributed by atoms with E-state index in [0.29, 0.717) is 35.2 Å². The second-order valence-corrected chi connectivity index (χ2v) is 8.64. The van der Waals surface area contributed by atoms with Gasteiger partial charge in [-0.3, -0.25) is 14.6 Å². The Kier molecular flexibility index (Phi) is 7.15. The number of rotatable bonds is 8. The minimum absolute atomic E-state index is 0.102. The molecular weight excluding hydrogens is 442 g/mol. The number of benzene rings is 2. The molecule has 7 heteroatoms. The standard InChI is InChI=1S/C28H29N3O4/c1-18(2)35-23-11-5-20(6-12-23)16-29-27(32)24-15-25-26(30-19(24)3)13-14-31(28(25)33)17-21-7-9-22(34-4)10-8-21/h5-15,18H,16-17H2,1-4H3,(H,29,32). The van der Waals surface area contributed by atoms with Crippen LogP contribution in [0.25, 0.3) is 10.9 Å². The Hall–Kier alpha value is -4.13. The van der Waals surface area contributed by atoms with Crippen LogP contribution in [-0.2, 0) is 13.1 Å². The number of carbonyl (C=O) groups is 1. The molecule has 0 aliphatic heterocycles. The molecular formula is C28H29N3O4. The number of methoxy groups -OCH3 is 1. The van der Waals surface area contributed by atoms with Crippen LogP contribution in [-0.4, -0.2) is 28.7 Å². The molecule has 0 spiro atoms. The van der Waals surface area contributed by atoms with Gasteiger partial charge in [-0.05, 0) is 68.3 Å². The van der Waals surface area contributed by atoms with Gasteiger partial charge in [-0.2, -0.15) is 0 Å². The molecule has 4 aromatic rings. The maximum absolute atomic E-state index is 13.2. The van der Waals surface area contributed by atoms with Gasteiger partial charge in [0, 0.05) is 12.7 Å². The predicted molar refractivity (Wildman–Crippen MR) is 136 cm³/mol. The van der Waals surface area contributed by atoms with E-state index in [1.54, 1.807) is 36.9 Å². The van der Waals surface area contributed by atoms with Gasteiger partial charge in [0.05, 0.1) is 41.9 Å². The number of fused-ring (bicyclic) bond motifs is 1. The Morgan fingerprint density at radius 3 is 2.31 bits per heavy atom. The SMILES string of the molecule is COc1ccc(Cn2ccc3nc(C)c(C(=O)NCc4ccc(OC(C)C)cc4)cc3c2=O)cc1. The van der Waals surface area contributed by atoms with Gasteiger partial charge in [0.25, 0.3) is 11.5 Å². The Labute approximate surface area is 204 Å². The number of nitrogens with zero attached hydrogens (tertiary/aromatic N) is 2. The summed E-state index contributed by atoms with van der Waals surface area (Å²) >= 11 is 0. The van der Waals surface area contributed by atoms with Gasteiger partial charge in [0.15, 0.2) is 0 Å².